The zero-order valence-electron chi connectivity index (χ0n) is 18.7. The number of carbonyl (C=O) groups is 3. The second-order valence-corrected chi connectivity index (χ2v) is 7.97. The smallest absolute Gasteiger partial charge is 0.416 e. The van der Waals surface area contributed by atoms with Gasteiger partial charge in [-0.15, -0.1) is 0 Å². The van der Waals surface area contributed by atoms with Crippen molar-refractivity contribution in [2.45, 2.75) is 6.10 Å². The molecule has 1 fully saturated rings. The van der Waals surface area contributed by atoms with Crippen LogP contribution in [0.4, 0.5) is 32.2 Å². The standard InChI is InChI=1S/C21H22FN7O6/c1-28-16(31)8-24-13-3-2-12(22)18(17(13)28)33-5-4-23-6-11-9-29(21(32)35-11)14-7-25-20-19(26-14)27-15(30)10-34-20/h2-3,7,11,23-24H,4-6,8-10H2,1H3,(H,26,27,30)/t11-/m1/s1. The van der Waals surface area contributed by atoms with Crippen LogP contribution in [0.15, 0.2) is 18.3 Å². The lowest BCUT2D eigenvalue weighted by atomic mass is 10.1. The van der Waals surface area contributed by atoms with E-state index in [9.17, 15) is 18.8 Å². The van der Waals surface area contributed by atoms with E-state index < -0.39 is 18.0 Å². The number of carbonyl (C=O) groups excluding carboxylic acids is 3. The lowest BCUT2D eigenvalue weighted by molar-refractivity contribution is -0.119. The van der Waals surface area contributed by atoms with Gasteiger partial charge in [-0.3, -0.25) is 14.5 Å². The molecule has 1 saturated heterocycles. The maximum Gasteiger partial charge on any atom is 0.416 e. The summed E-state index contributed by atoms with van der Waals surface area (Å²) in [6.07, 6.45) is 0.302. The molecule has 1 aromatic heterocycles. The van der Waals surface area contributed by atoms with Gasteiger partial charge in [-0.2, -0.15) is 0 Å². The van der Waals surface area contributed by atoms with Gasteiger partial charge < -0.3 is 35.1 Å². The third kappa shape index (κ3) is 4.47. The summed E-state index contributed by atoms with van der Waals surface area (Å²) in [6.45, 7) is 0.982. The third-order valence-electron chi connectivity index (χ3n) is 5.59. The van der Waals surface area contributed by atoms with Crippen LogP contribution in [0.2, 0.25) is 0 Å². The Bertz CT molecular complexity index is 1190. The number of ether oxygens (including phenoxy) is 3. The van der Waals surface area contributed by atoms with E-state index in [1.54, 1.807) is 13.1 Å². The van der Waals surface area contributed by atoms with Gasteiger partial charge in [0.2, 0.25) is 5.91 Å². The fraction of sp³-hybridized carbons (Fsp3) is 0.381. The molecular weight excluding hydrogens is 465 g/mol. The lowest BCUT2D eigenvalue weighted by Gasteiger charge is -2.29. The molecule has 3 aliphatic heterocycles. The van der Waals surface area contributed by atoms with Gasteiger partial charge in [0, 0.05) is 20.1 Å². The first-order chi connectivity index (χ1) is 16.9. The zero-order chi connectivity index (χ0) is 24.5. The SMILES string of the molecule is CN1C(=O)CNc2ccc(F)c(OCCNC[C@@H]3CN(c4cnc5c(n4)NC(=O)CO5)C(=O)O3)c21. The minimum atomic E-state index is -0.594. The van der Waals surface area contributed by atoms with Gasteiger partial charge in [-0.05, 0) is 12.1 Å². The summed E-state index contributed by atoms with van der Waals surface area (Å²) in [6, 6.07) is 2.85. The fourth-order valence-corrected chi connectivity index (χ4v) is 3.86. The van der Waals surface area contributed by atoms with Crippen LogP contribution in [-0.2, 0) is 14.3 Å². The molecule has 2 aromatic rings. The predicted octanol–water partition coefficient (Wildman–Crippen LogP) is 0.329. The van der Waals surface area contributed by atoms with Gasteiger partial charge in [0.05, 0.1) is 25.0 Å². The first-order valence-electron chi connectivity index (χ1n) is 10.8. The fourth-order valence-electron chi connectivity index (χ4n) is 3.86. The van der Waals surface area contributed by atoms with E-state index in [1.807, 2.05) is 0 Å². The van der Waals surface area contributed by atoms with Crippen LogP contribution in [-0.4, -0.2) is 80.4 Å². The molecule has 3 aliphatic rings. The van der Waals surface area contributed by atoms with Crippen molar-refractivity contribution in [3.8, 4) is 11.6 Å². The van der Waals surface area contributed by atoms with E-state index in [1.165, 1.54) is 22.1 Å². The molecule has 13 nitrogen and oxygen atoms in total. The van der Waals surface area contributed by atoms with E-state index in [4.69, 9.17) is 14.2 Å². The second kappa shape index (κ2) is 9.21. The highest BCUT2D eigenvalue weighted by Crippen LogP contribution is 2.39. The molecular formula is C21H22FN7O6. The topological polar surface area (TPSA) is 147 Å². The van der Waals surface area contributed by atoms with Crippen molar-refractivity contribution in [2.75, 3.05) is 66.9 Å². The molecule has 0 radical (unpaired) electrons. The molecule has 14 heteroatoms. The quantitative estimate of drug-likeness (QED) is 0.467. The minimum Gasteiger partial charge on any atom is -0.487 e. The largest absolute Gasteiger partial charge is 0.487 e. The molecule has 0 bridgehead atoms. The van der Waals surface area contributed by atoms with Gasteiger partial charge in [0.1, 0.15) is 18.4 Å². The van der Waals surface area contributed by atoms with Gasteiger partial charge >= 0.3 is 6.09 Å². The number of nitrogens with zero attached hydrogens (tertiary/aromatic N) is 4. The molecule has 1 atom stereocenters. The van der Waals surface area contributed by atoms with Gasteiger partial charge in [0.15, 0.2) is 29.8 Å². The van der Waals surface area contributed by atoms with E-state index in [-0.39, 0.29) is 61.4 Å². The molecule has 0 saturated carbocycles. The number of anilines is 4. The number of hydrogen-bond donors (Lipinski definition) is 3. The Hall–Kier alpha value is -4.20. The number of halogens is 1. The average molecular weight is 487 g/mol. The summed E-state index contributed by atoms with van der Waals surface area (Å²) in [5.74, 6) is -0.584. The maximum atomic E-state index is 14.4. The third-order valence-corrected chi connectivity index (χ3v) is 5.59. The van der Waals surface area contributed by atoms with Crippen LogP contribution in [0, 0.1) is 5.82 Å². The summed E-state index contributed by atoms with van der Waals surface area (Å²) in [5.41, 5.74) is 0.972. The first-order valence-corrected chi connectivity index (χ1v) is 10.8. The molecule has 4 heterocycles. The molecule has 3 N–H and O–H groups in total. The van der Waals surface area contributed by atoms with Crippen molar-refractivity contribution in [2.24, 2.45) is 0 Å². The average Bonchev–Trinajstić information content (AvgIpc) is 3.22. The van der Waals surface area contributed by atoms with E-state index in [0.29, 0.717) is 24.5 Å². The number of nitrogens with one attached hydrogen (secondary N) is 3. The Morgan fingerprint density at radius 3 is 3.03 bits per heavy atom. The summed E-state index contributed by atoms with van der Waals surface area (Å²) >= 11 is 0. The molecule has 0 unspecified atom stereocenters. The van der Waals surface area contributed by atoms with Crippen LogP contribution in [0.25, 0.3) is 0 Å². The summed E-state index contributed by atoms with van der Waals surface area (Å²) in [7, 11) is 1.57. The van der Waals surface area contributed by atoms with Gasteiger partial charge in [-0.1, -0.05) is 0 Å². The number of rotatable bonds is 7. The molecule has 1 aromatic carbocycles. The van der Waals surface area contributed by atoms with Crippen molar-refractivity contribution in [1.82, 2.24) is 15.3 Å². The highest BCUT2D eigenvalue weighted by atomic mass is 19.1. The van der Waals surface area contributed by atoms with E-state index in [2.05, 4.69) is 25.9 Å². The monoisotopic (exact) mass is 487 g/mol. The molecule has 35 heavy (non-hydrogen) atoms. The summed E-state index contributed by atoms with van der Waals surface area (Å²) in [5, 5.41) is 8.60. The predicted molar refractivity (Wildman–Crippen MR) is 120 cm³/mol. The Morgan fingerprint density at radius 1 is 1.31 bits per heavy atom. The van der Waals surface area contributed by atoms with E-state index >= 15 is 0 Å². The number of aromatic nitrogens is 2. The number of benzene rings is 1. The van der Waals surface area contributed by atoms with Crippen molar-refractivity contribution < 1.29 is 33.0 Å². The van der Waals surface area contributed by atoms with Gasteiger partial charge in [-0.25, -0.2) is 19.2 Å². The normalized spacial score (nSPS) is 18.8. The van der Waals surface area contributed by atoms with Crippen molar-refractivity contribution in [1.29, 1.82) is 0 Å². The summed E-state index contributed by atoms with van der Waals surface area (Å²) < 4.78 is 30.6. The Labute approximate surface area is 198 Å². The Kier molecular flexibility index (Phi) is 5.94. The van der Waals surface area contributed by atoms with Crippen LogP contribution in [0.3, 0.4) is 0 Å². The van der Waals surface area contributed by atoms with Crippen LogP contribution in [0.5, 0.6) is 11.6 Å². The number of likely N-dealkylation sites (N-methyl/N-ethyl adjacent to an activating group) is 1. The lowest BCUT2D eigenvalue weighted by Crippen LogP contribution is -2.37. The highest BCUT2D eigenvalue weighted by Gasteiger charge is 2.34. The van der Waals surface area contributed by atoms with E-state index in [0.717, 1.165) is 0 Å². The van der Waals surface area contributed by atoms with Crippen LogP contribution < -0.4 is 35.2 Å². The molecule has 5 rings (SSSR count). The maximum absolute atomic E-state index is 14.4. The number of amides is 3. The molecule has 0 aliphatic carbocycles. The number of fused-ring (bicyclic) bond motifs is 2. The minimum absolute atomic E-state index is 0.00660. The Morgan fingerprint density at radius 2 is 2.17 bits per heavy atom. The highest BCUT2D eigenvalue weighted by molar-refractivity contribution is 6.04. The molecule has 0 spiro atoms. The molecule has 184 valence electrons. The first kappa shape index (κ1) is 22.6. The van der Waals surface area contributed by atoms with Gasteiger partial charge in [0.25, 0.3) is 11.8 Å². The van der Waals surface area contributed by atoms with Crippen LogP contribution >= 0.6 is 0 Å². The van der Waals surface area contributed by atoms with Crippen molar-refractivity contribution >= 4 is 40.9 Å². The molecule has 3 amide bonds. The number of cyclic esters (lactones) is 1. The number of hydrogen-bond acceptors (Lipinski definition) is 10. The van der Waals surface area contributed by atoms with Crippen molar-refractivity contribution in [3.05, 3.63) is 24.1 Å². The zero-order valence-corrected chi connectivity index (χ0v) is 18.7. The second-order valence-electron chi connectivity index (χ2n) is 7.97. The van der Waals surface area contributed by atoms with Crippen LogP contribution in [0.1, 0.15) is 0 Å². The van der Waals surface area contributed by atoms with Crippen molar-refractivity contribution in [3.63, 3.8) is 0 Å². The Balaban J connectivity index is 1.13. The summed E-state index contributed by atoms with van der Waals surface area (Å²) in [4.78, 5) is 46.8.